The van der Waals surface area contributed by atoms with Gasteiger partial charge in [-0.2, -0.15) is 12.6 Å². The largest absolute Gasteiger partial charge is 0.493 e. The monoisotopic (exact) mass is 286 g/mol. The Hall–Kier alpha value is -0.150. The first-order valence-corrected chi connectivity index (χ1v) is 6.58. The molecule has 1 nitrogen and oxygen atoms in total. The van der Waals surface area contributed by atoms with E-state index in [1.165, 1.54) is 18.4 Å². The molecule has 0 heterocycles. The third-order valence-corrected chi connectivity index (χ3v) is 4.53. The lowest BCUT2D eigenvalue weighted by Crippen LogP contribution is -2.14. The second-order valence-corrected chi connectivity index (χ2v) is 5.53. The van der Waals surface area contributed by atoms with E-state index in [0.29, 0.717) is 5.41 Å². The lowest BCUT2D eigenvalue weighted by Gasteiger charge is -2.14. The van der Waals surface area contributed by atoms with Crippen LogP contribution in [0.25, 0.3) is 0 Å². The number of ether oxygens (including phenoxy) is 1. The molecule has 1 aromatic carbocycles. The predicted octanol–water partition coefficient (Wildman–Crippen LogP) is 3.85. The van der Waals surface area contributed by atoms with E-state index in [9.17, 15) is 0 Å². The Bertz CT molecular complexity index is 361. The average Bonchev–Trinajstić information content (AvgIpc) is 3.01. The van der Waals surface area contributed by atoms with Crippen LogP contribution in [0.5, 0.6) is 5.75 Å². The summed E-state index contributed by atoms with van der Waals surface area (Å²) in [7, 11) is 0. The van der Waals surface area contributed by atoms with Gasteiger partial charge in [0, 0.05) is 9.89 Å². The van der Waals surface area contributed by atoms with Crippen molar-refractivity contribution in [2.45, 2.75) is 19.8 Å². The van der Waals surface area contributed by atoms with E-state index >= 15 is 0 Å². The lowest BCUT2D eigenvalue weighted by molar-refractivity contribution is 0.250. The second-order valence-electron chi connectivity index (χ2n) is 4.36. The summed E-state index contributed by atoms with van der Waals surface area (Å²) in [4.78, 5) is 0. The van der Waals surface area contributed by atoms with Gasteiger partial charge in [0.25, 0.3) is 0 Å². The molecule has 2 rings (SSSR count). The van der Waals surface area contributed by atoms with Gasteiger partial charge in [-0.1, -0.05) is 15.9 Å². The highest BCUT2D eigenvalue weighted by molar-refractivity contribution is 9.10. The molecule has 0 amide bonds. The highest BCUT2D eigenvalue weighted by atomic mass is 79.9. The molecule has 82 valence electrons. The number of aryl methyl sites for hydroxylation is 1. The van der Waals surface area contributed by atoms with Gasteiger partial charge in [-0.25, -0.2) is 0 Å². The zero-order chi connectivity index (χ0) is 10.9. The van der Waals surface area contributed by atoms with Crippen molar-refractivity contribution in [3.63, 3.8) is 0 Å². The molecular formula is C12H15BrOS. The Labute approximate surface area is 105 Å². The van der Waals surface area contributed by atoms with Gasteiger partial charge in [0.05, 0.1) is 6.61 Å². The molecule has 0 saturated heterocycles. The number of hydrogen-bond acceptors (Lipinski definition) is 2. The first kappa shape index (κ1) is 11.3. The number of rotatable bonds is 4. The Kier molecular flexibility index (Phi) is 3.31. The number of benzene rings is 1. The topological polar surface area (TPSA) is 9.23 Å². The van der Waals surface area contributed by atoms with Crippen molar-refractivity contribution in [2.75, 3.05) is 12.4 Å². The van der Waals surface area contributed by atoms with Crippen molar-refractivity contribution < 1.29 is 4.74 Å². The van der Waals surface area contributed by atoms with E-state index in [1.54, 1.807) is 0 Å². The molecule has 0 N–H and O–H groups in total. The fraction of sp³-hybridized carbons (Fsp3) is 0.500. The van der Waals surface area contributed by atoms with Crippen LogP contribution in [0.3, 0.4) is 0 Å². The van der Waals surface area contributed by atoms with Crippen molar-refractivity contribution in [2.24, 2.45) is 5.41 Å². The Morgan fingerprint density at radius 1 is 1.47 bits per heavy atom. The third-order valence-electron chi connectivity index (χ3n) is 2.97. The van der Waals surface area contributed by atoms with Crippen LogP contribution in [0.1, 0.15) is 18.4 Å². The van der Waals surface area contributed by atoms with Crippen LogP contribution in [0.15, 0.2) is 22.7 Å². The zero-order valence-electron chi connectivity index (χ0n) is 8.79. The fourth-order valence-electron chi connectivity index (χ4n) is 1.47. The molecule has 15 heavy (non-hydrogen) atoms. The molecule has 1 aromatic rings. The molecule has 0 atom stereocenters. The molecule has 0 unspecified atom stereocenters. The van der Waals surface area contributed by atoms with E-state index in [-0.39, 0.29) is 0 Å². The van der Waals surface area contributed by atoms with Crippen LogP contribution in [-0.2, 0) is 0 Å². The molecule has 0 aromatic heterocycles. The average molecular weight is 287 g/mol. The molecule has 3 heteroatoms. The van der Waals surface area contributed by atoms with Crippen LogP contribution in [0.2, 0.25) is 0 Å². The van der Waals surface area contributed by atoms with Crippen molar-refractivity contribution in [3.8, 4) is 5.75 Å². The maximum atomic E-state index is 5.79. The molecule has 1 fully saturated rings. The standard InChI is InChI=1S/C12H15BrOS/c1-9-6-10(2-3-11(9)13)14-7-12(8-15)4-5-12/h2-3,6,15H,4-5,7-8H2,1H3. The summed E-state index contributed by atoms with van der Waals surface area (Å²) in [6, 6.07) is 6.11. The molecule has 0 radical (unpaired) electrons. The van der Waals surface area contributed by atoms with Crippen molar-refractivity contribution in [1.82, 2.24) is 0 Å². The summed E-state index contributed by atoms with van der Waals surface area (Å²) in [5.74, 6) is 1.89. The van der Waals surface area contributed by atoms with E-state index in [1.807, 2.05) is 12.1 Å². The SMILES string of the molecule is Cc1cc(OCC2(CS)CC2)ccc1Br. The normalized spacial score (nSPS) is 17.5. The van der Waals surface area contributed by atoms with Crippen molar-refractivity contribution in [1.29, 1.82) is 0 Å². The van der Waals surface area contributed by atoms with E-state index in [0.717, 1.165) is 22.6 Å². The van der Waals surface area contributed by atoms with E-state index < -0.39 is 0 Å². The summed E-state index contributed by atoms with van der Waals surface area (Å²) in [6.07, 6.45) is 2.51. The molecule has 0 bridgehead atoms. The number of halogens is 1. The maximum absolute atomic E-state index is 5.79. The molecule has 0 aliphatic heterocycles. The summed E-state index contributed by atoms with van der Waals surface area (Å²) >= 11 is 7.84. The Morgan fingerprint density at radius 3 is 2.73 bits per heavy atom. The summed E-state index contributed by atoms with van der Waals surface area (Å²) < 4.78 is 6.92. The van der Waals surface area contributed by atoms with Gasteiger partial charge >= 0.3 is 0 Å². The van der Waals surface area contributed by atoms with E-state index in [2.05, 4.69) is 41.5 Å². The second kappa shape index (κ2) is 4.38. The Balaban J connectivity index is 1.96. The molecule has 1 aliphatic carbocycles. The number of thiol groups is 1. The summed E-state index contributed by atoms with van der Waals surface area (Å²) in [5, 5.41) is 0. The van der Waals surface area contributed by atoms with Gasteiger partial charge in [0.2, 0.25) is 0 Å². The quantitative estimate of drug-likeness (QED) is 0.828. The van der Waals surface area contributed by atoms with Crippen molar-refractivity contribution >= 4 is 28.6 Å². The molecule has 1 saturated carbocycles. The molecular weight excluding hydrogens is 272 g/mol. The van der Waals surface area contributed by atoms with Crippen LogP contribution in [0.4, 0.5) is 0 Å². The summed E-state index contributed by atoms with van der Waals surface area (Å²) in [5.41, 5.74) is 1.58. The van der Waals surface area contributed by atoms with Crippen molar-refractivity contribution in [3.05, 3.63) is 28.2 Å². The highest BCUT2D eigenvalue weighted by Gasteiger charge is 2.42. The van der Waals surface area contributed by atoms with Gasteiger partial charge in [-0.05, 0) is 49.3 Å². The van der Waals surface area contributed by atoms with Gasteiger partial charge in [-0.15, -0.1) is 0 Å². The van der Waals surface area contributed by atoms with Gasteiger partial charge in [0.1, 0.15) is 5.75 Å². The first-order chi connectivity index (χ1) is 7.15. The van der Waals surface area contributed by atoms with Crippen LogP contribution >= 0.6 is 28.6 Å². The van der Waals surface area contributed by atoms with Gasteiger partial charge in [-0.3, -0.25) is 0 Å². The minimum absolute atomic E-state index is 0.365. The van der Waals surface area contributed by atoms with Crippen LogP contribution < -0.4 is 4.74 Å². The predicted molar refractivity (Wildman–Crippen MR) is 69.9 cm³/mol. The fourth-order valence-corrected chi connectivity index (χ4v) is 2.12. The number of hydrogen-bond donors (Lipinski definition) is 1. The maximum Gasteiger partial charge on any atom is 0.119 e. The summed E-state index contributed by atoms with van der Waals surface area (Å²) in [6.45, 7) is 2.88. The lowest BCUT2D eigenvalue weighted by atomic mass is 10.1. The molecule has 1 aliphatic rings. The molecule has 0 spiro atoms. The smallest absolute Gasteiger partial charge is 0.119 e. The van der Waals surface area contributed by atoms with Gasteiger partial charge in [0.15, 0.2) is 0 Å². The minimum atomic E-state index is 0.365. The Morgan fingerprint density at radius 2 is 2.20 bits per heavy atom. The van der Waals surface area contributed by atoms with Crippen LogP contribution in [-0.4, -0.2) is 12.4 Å². The van der Waals surface area contributed by atoms with Crippen LogP contribution in [0, 0.1) is 12.3 Å². The zero-order valence-corrected chi connectivity index (χ0v) is 11.3. The first-order valence-electron chi connectivity index (χ1n) is 5.15. The van der Waals surface area contributed by atoms with E-state index in [4.69, 9.17) is 4.74 Å². The third kappa shape index (κ3) is 2.70. The minimum Gasteiger partial charge on any atom is -0.493 e. The van der Waals surface area contributed by atoms with Gasteiger partial charge < -0.3 is 4.74 Å². The highest BCUT2D eigenvalue weighted by Crippen LogP contribution is 2.46.